The number of anilines is 1. The number of nitrogens with one attached hydrogen (secondary N) is 1. The van der Waals surface area contributed by atoms with Crippen LogP contribution in [0.25, 0.3) is 16.8 Å². The highest BCUT2D eigenvalue weighted by Gasteiger charge is 2.32. The van der Waals surface area contributed by atoms with Crippen molar-refractivity contribution >= 4 is 16.0 Å². The molecular formula is C27H23F4N5O5S. The summed E-state index contributed by atoms with van der Waals surface area (Å²) in [6.07, 6.45) is -3.42. The van der Waals surface area contributed by atoms with Crippen LogP contribution in [0.3, 0.4) is 0 Å². The van der Waals surface area contributed by atoms with Gasteiger partial charge in [-0.3, -0.25) is 14.1 Å². The Balaban J connectivity index is 1.52. The van der Waals surface area contributed by atoms with Gasteiger partial charge in [0.25, 0.3) is 5.56 Å². The summed E-state index contributed by atoms with van der Waals surface area (Å²) in [7, 11) is -2.71. The molecule has 0 saturated heterocycles. The maximum absolute atomic E-state index is 15.6. The van der Waals surface area contributed by atoms with E-state index in [1.165, 1.54) is 71.6 Å². The molecule has 0 atom stereocenters. The second-order valence-corrected chi connectivity index (χ2v) is 11.0. The van der Waals surface area contributed by atoms with Gasteiger partial charge in [0, 0.05) is 49.1 Å². The predicted octanol–water partition coefficient (Wildman–Crippen LogP) is 4.36. The number of pyridine rings is 1. The van der Waals surface area contributed by atoms with Crippen LogP contribution in [0.2, 0.25) is 0 Å². The lowest BCUT2D eigenvalue weighted by Gasteiger charge is -2.30. The summed E-state index contributed by atoms with van der Waals surface area (Å²) in [4.78, 5) is 13.1. The zero-order valence-corrected chi connectivity index (χ0v) is 23.0. The van der Waals surface area contributed by atoms with Crippen LogP contribution in [0.15, 0.2) is 65.6 Å². The highest BCUT2D eigenvalue weighted by Crippen LogP contribution is 2.36. The Hall–Kier alpha value is -4.50. The molecular weight excluding hydrogens is 582 g/mol. The number of fused-ring (bicyclic) bond motifs is 1. The highest BCUT2D eigenvalue weighted by atomic mass is 32.2. The van der Waals surface area contributed by atoms with Gasteiger partial charge in [-0.2, -0.15) is 17.8 Å². The minimum absolute atomic E-state index is 0.000203. The lowest BCUT2D eigenvalue weighted by atomic mass is 10.0. The molecule has 42 heavy (non-hydrogen) atoms. The topological polar surface area (TPSA) is 116 Å². The maximum atomic E-state index is 15.6. The van der Waals surface area contributed by atoms with Gasteiger partial charge in [0.1, 0.15) is 17.3 Å². The van der Waals surface area contributed by atoms with E-state index in [9.17, 15) is 26.4 Å². The summed E-state index contributed by atoms with van der Waals surface area (Å²) < 4.78 is 94.2. The van der Waals surface area contributed by atoms with E-state index in [2.05, 4.69) is 19.7 Å². The number of methoxy groups -OCH3 is 1. The van der Waals surface area contributed by atoms with Gasteiger partial charge in [-0.1, -0.05) is 12.1 Å². The second-order valence-electron chi connectivity index (χ2n) is 9.36. The summed E-state index contributed by atoms with van der Waals surface area (Å²) >= 11 is 0. The lowest BCUT2D eigenvalue weighted by Crippen LogP contribution is -2.41. The van der Waals surface area contributed by atoms with Crippen molar-refractivity contribution in [3.05, 3.63) is 93.8 Å². The van der Waals surface area contributed by atoms with Crippen LogP contribution in [-0.2, 0) is 23.2 Å². The van der Waals surface area contributed by atoms with E-state index < -0.39 is 33.7 Å². The molecule has 15 heteroatoms. The number of aryl methyl sites for hydroxylation is 1. The summed E-state index contributed by atoms with van der Waals surface area (Å²) in [6, 6.07) is 11.8. The number of halogens is 4. The number of hydrogen-bond acceptors (Lipinski definition) is 7. The number of ether oxygens (including phenoxy) is 2. The fraction of sp³-hybridized carbons (Fsp3) is 0.222. The first-order valence-electron chi connectivity index (χ1n) is 12.4. The average molecular weight is 606 g/mol. The number of nitrogens with zero attached hydrogens (tertiary/aromatic N) is 4. The molecule has 0 bridgehead atoms. The predicted molar refractivity (Wildman–Crippen MR) is 144 cm³/mol. The molecule has 0 fully saturated rings. The average Bonchev–Trinajstić information content (AvgIpc) is 2.91. The van der Waals surface area contributed by atoms with Crippen LogP contribution in [0.1, 0.15) is 16.8 Å². The quantitative estimate of drug-likeness (QED) is 0.311. The molecule has 3 heterocycles. The van der Waals surface area contributed by atoms with E-state index in [0.29, 0.717) is 16.8 Å². The lowest BCUT2D eigenvalue weighted by molar-refractivity contribution is -0.274. The monoisotopic (exact) mass is 605 g/mol. The van der Waals surface area contributed by atoms with Crippen LogP contribution in [-0.4, -0.2) is 47.5 Å². The molecule has 0 unspecified atom stereocenters. The number of hydrogen-bond donors (Lipinski definition) is 1. The minimum Gasteiger partial charge on any atom is -0.495 e. The Morgan fingerprint density at radius 3 is 2.55 bits per heavy atom. The molecule has 5 rings (SSSR count). The van der Waals surface area contributed by atoms with Gasteiger partial charge in [-0.25, -0.2) is 4.39 Å². The molecule has 0 aliphatic carbocycles. The SMILES string of the molecule is COc1cc(-c2cc(C)cc(OC(F)(F)F)c2)c(F)cc1-n1c2c(ccc1=O)CN(S(=O)(=O)Nc1cccnn1)CC2. The third kappa shape index (κ3) is 6.06. The Morgan fingerprint density at radius 2 is 1.86 bits per heavy atom. The van der Waals surface area contributed by atoms with E-state index in [0.717, 1.165) is 12.1 Å². The molecule has 1 aliphatic heterocycles. The van der Waals surface area contributed by atoms with Gasteiger partial charge in [0.15, 0.2) is 5.82 Å². The Morgan fingerprint density at radius 1 is 1.07 bits per heavy atom. The van der Waals surface area contributed by atoms with Crippen molar-refractivity contribution in [2.45, 2.75) is 26.3 Å². The number of alkyl halides is 3. The number of aromatic nitrogens is 3. The van der Waals surface area contributed by atoms with Crippen molar-refractivity contribution in [2.75, 3.05) is 18.4 Å². The molecule has 2 aromatic heterocycles. The van der Waals surface area contributed by atoms with Crippen molar-refractivity contribution in [1.29, 1.82) is 0 Å². The van der Waals surface area contributed by atoms with E-state index in [1.807, 2.05) is 0 Å². The fourth-order valence-corrected chi connectivity index (χ4v) is 5.90. The Kier molecular flexibility index (Phi) is 7.64. The summed E-state index contributed by atoms with van der Waals surface area (Å²) in [5.74, 6) is -1.23. The summed E-state index contributed by atoms with van der Waals surface area (Å²) in [5.41, 5.74) is 0.932. The molecule has 0 saturated carbocycles. The zero-order valence-electron chi connectivity index (χ0n) is 22.1. The highest BCUT2D eigenvalue weighted by molar-refractivity contribution is 7.90. The Bertz CT molecular complexity index is 1810. The van der Waals surface area contributed by atoms with Gasteiger partial charge >= 0.3 is 16.6 Å². The van der Waals surface area contributed by atoms with Crippen molar-refractivity contribution in [3.63, 3.8) is 0 Å². The molecule has 0 radical (unpaired) electrons. The summed E-state index contributed by atoms with van der Waals surface area (Å²) in [5, 5.41) is 7.38. The van der Waals surface area contributed by atoms with Crippen LogP contribution in [0.5, 0.6) is 11.5 Å². The molecule has 2 aromatic carbocycles. The van der Waals surface area contributed by atoms with Crippen molar-refractivity contribution < 1.29 is 35.5 Å². The standard InChI is InChI=1S/C27H23F4N5O5S/c1-16-10-18(12-19(11-16)41-27(29,30)31)20-13-24(40-2)23(14-21(20)28)36-22-7-9-35(15-17(22)5-6-26(36)37)42(38,39)34-25-4-3-8-32-33-25/h3-6,8,10-14H,7,9,15H2,1-2H3,(H,33,34). The van der Waals surface area contributed by atoms with Gasteiger partial charge < -0.3 is 9.47 Å². The van der Waals surface area contributed by atoms with Gasteiger partial charge in [-0.05, 0) is 53.9 Å². The number of rotatable bonds is 7. The third-order valence-corrected chi connectivity index (χ3v) is 7.94. The van der Waals surface area contributed by atoms with Crippen molar-refractivity contribution in [2.24, 2.45) is 0 Å². The van der Waals surface area contributed by atoms with Crippen molar-refractivity contribution in [3.8, 4) is 28.3 Å². The first-order valence-corrected chi connectivity index (χ1v) is 13.8. The van der Waals surface area contributed by atoms with Crippen LogP contribution in [0, 0.1) is 12.7 Å². The van der Waals surface area contributed by atoms with Crippen LogP contribution >= 0.6 is 0 Å². The first kappa shape index (κ1) is 29.0. The molecule has 4 aromatic rings. The maximum Gasteiger partial charge on any atom is 0.573 e. The molecule has 0 spiro atoms. The van der Waals surface area contributed by atoms with Gasteiger partial charge in [0.05, 0.1) is 12.8 Å². The molecule has 10 nitrogen and oxygen atoms in total. The van der Waals surface area contributed by atoms with E-state index in [1.54, 1.807) is 0 Å². The fourth-order valence-electron chi connectivity index (χ4n) is 4.76. The van der Waals surface area contributed by atoms with Crippen molar-refractivity contribution in [1.82, 2.24) is 19.1 Å². The molecule has 1 N–H and O–H groups in total. The smallest absolute Gasteiger partial charge is 0.495 e. The molecule has 1 aliphatic rings. The normalized spacial score (nSPS) is 13.9. The third-order valence-electron chi connectivity index (χ3n) is 6.48. The van der Waals surface area contributed by atoms with E-state index in [4.69, 9.17) is 4.74 Å². The first-order chi connectivity index (χ1) is 19.8. The minimum atomic E-state index is -4.93. The molecule has 0 amide bonds. The van der Waals surface area contributed by atoms with Crippen LogP contribution < -0.4 is 19.8 Å². The Labute approximate surface area is 237 Å². The van der Waals surface area contributed by atoms with Crippen LogP contribution in [0.4, 0.5) is 23.4 Å². The van der Waals surface area contributed by atoms with Gasteiger partial charge in [-0.15, -0.1) is 18.3 Å². The zero-order chi connectivity index (χ0) is 30.2. The summed E-state index contributed by atoms with van der Waals surface area (Å²) in [6.45, 7) is 1.46. The number of benzene rings is 2. The largest absolute Gasteiger partial charge is 0.573 e. The van der Waals surface area contributed by atoms with Gasteiger partial charge in [0.2, 0.25) is 0 Å². The second kappa shape index (κ2) is 11.1. The van der Waals surface area contributed by atoms with E-state index in [-0.39, 0.29) is 47.9 Å². The van der Waals surface area contributed by atoms with E-state index >= 15 is 4.39 Å². The molecule has 220 valence electrons.